The lowest BCUT2D eigenvalue weighted by atomic mass is 10.1. The lowest BCUT2D eigenvalue weighted by Gasteiger charge is -2.13. The van der Waals surface area contributed by atoms with Crippen LogP contribution >= 0.6 is 0 Å². The van der Waals surface area contributed by atoms with Crippen LogP contribution in [0.3, 0.4) is 0 Å². The maximum absolute atomic E-state index is 10.9. The Balaban J connectivity index is 2.32. The number of nitrogens with one attached hydrogen (secondary N) is 1. The van der Waals surface area contributed by atoms with Gasteiger partial charge >= 0.3 is 5.97 Å². The number of hydrogen-bond donors (Lipinski definition) is 2. The monoisotopic (exact) mass is 255 g/mol. The zero-order valence-corrected chi connectivity index (χ0v) is 11.1. The summed E-state index contributed by atoms with van der Waals surface area (Å²) in [4.78, 5) is 10.9. The largest absolute Gasteiger partial charge is 0.481 e. The highest BCUT2D eigenvalue weighted by atomic mass is 16.4. The molecule has 0 atom stereocenters. The molecule has 3 nitrogen and oxygen atoms in total. The second-order valence-electron chi connectivity index (χ2n) is 4.67. The van der Waals surface area contributed by atoms with Crippen molar-refractivity contribution in [3.63, 3.8) is 0 Å². The molecule has 2 N–H and O–H groups in total. The van der Waals surface area contributed by atoms with Crippen LogP contribution in [0.1, 0.15) is 16.7 Å². The number of carboxylic acid groups (broad SMARTS) is 1. The van der Waals surface area contributed by atoms with Crippen molar-refractivity contribution in [1.29, 1.82) is 0 Å². The van der Waals surface area contributed by atoms with Crippen LogP contribution in [0.5, 0.6) is 0 Å². The van der Waals surface area contributed by atoms with Crippen LogP contribution in [-0.4, -0.2) is 11.1 Å². The average molecular weight is 255 g/mol. The fourth-order valence-electron chi connectivity index (χ4n) is 1.97. The number of hydrogen-bond acceptors (Lipinski definition) is 2. The summed E-state index contributed by atoms with van der Waals surface area (Å²) < 4.78 is 0. The summed E-state index contributed by atoms with van der Waals surface area (Å²) in [5.74, 6) is -0.824. The van der Waals surface area contributed by atoms with Gasteiger partial charge in [-0.2, -0.15) is 0 Å². The van der Waals surface area contributed by atoms with Crippen LogP contribution in [0.15, 0.2) is 42.5 Å². The molecule has 0 spiro atoms. The third kappa shape index (κ3) is 3.35. The topological polar surface area (TPSA) is 49.3 Å². The second-order valence-corrected chi connectivity index (χ2v) is 4.67. The van der Waals surface area contributed by atoms with Crippen LogP contribution in [0.25, 0.3) is 0 Å². The quantitative estimate of drug-likeness (QED) is 0.876. The minimum Gasteiger partial charge on any atom is -0.481 e. The molecule has 0 aliphatic heterocycles. The number of anilines is 2. The summed E-state index contributed by atoms with van der Waals surface area (Å²) in [6.07, 6.45) is 0.0219. The summed E-state index contributed by atoms with van der Waals surface area (Å²) in [6, 6.07) is 13.7. The average Bonchev–Trinajstić information content (AvgIpc) is 2.35. The molecule has 0 fully saturated rings. The highest BCUT2D eigenvalue weighted by Crippen LogP contribution is 2.24. The molecular formula is C16H17NO2. The summed E-state index contributed by atoms with van der Waals surface area (Å²) in [5.41, 5.74) is 4.95. The highest BCUT2D eigenvalue weighted by Gasteiger charge is 2.07. The molecule has 0 saturated carbocycles. The van der Waals surface area contributed by atoms with Crippen LogP contribution in [0.2, 0.25) is 0 Å². The third-order valence-electron chi connectivity index (χ3n) is 3.02. The van der Waals surface area contributed by atoms with Crippen molar-refractivity contribution in [2.24, 2.45) is 0 Å². The van der Waals surface area contributed by atoms with Crippen molar-refractivity contribution in [3.05, 3.63) is 59.2 Å². The Morgan fingerprint density at radius 1 is 1.11 bits per heavy atom. The van der Waals surface area contributed by atoms with Crippen LogP contribution in [0, 0.1) is 13.8 Å². The van der Waals surface area contributed by atoms with E-state index < -0.39 is 5.97 Å². The molecule has 2 aromatic carbocycles. The minimum atomic E-state index is -0.824. The zero-order chi connectivity index (χ0) is 13.8. The molecule has 0 aliphatic rings. The molecule has 2 rings (SSSR count). The van der Waals surface area contributed by atoms with Crippen molar-refractivity contribution < 1.29 is 9.90 Å². The summed E-state index contributed by atoms with van der Waals surface area (Å²) in [6.45, 7) is 4.06. The Hall–Kier alpha value is -2.29. The number of carboxylic acids is 1. The minimum absolute atomic E-state index is 0.0219. The summed E-state index contributed by atoms with van der Waals surface area (Å²) >= 11 is 0. The summed E-state index contributed by atoms with van der Waals surface area (Å²) in [5, 5.41) is 12.3. The lowest BCUT2D eigenvalue weighted by Crippen LogP contribution is -2.04. The van der Waals surface area contributed by atoms with Gasteiger partial charge in [0.25, 0.3) is 0 Å². The third-order valence-corrected chi connectivity index (χ3v) is 3.02. The van der Waals surface area contributed by atoms with Gasteiger partial charge in [0.05, 0.1) is 6.42 Å². The van der Waals surface area contributed by atoms with Crippen molar-refractivity contribution in [2.45, 2.75) is 20.3 Å². The lowest BCUT2D eigenvalue weighted by molar-refractivity contribution is -0.136. The Kier molecular flexibility index (Phi) is 3.85. The first kappa shape index (κ1) is 13.1. The van der Waals surface area contributed by atoms with Gasteiger partial charge in [-0.1, -0.05) is 30.3 Å². The number of carbonyl (C=O) groups is 1. The number of benzene rings is 2. The smallest absolute Gasteiger partial charge is 0.307 e. The van der Waals surface area contributed by atoms with Crippen molar-refractivity contribution >= 4 is 17.3 Å². The normalized spacial score (nSPS) is 10.2. The van der Waals surface area contributed by atoms with Crippen LogP contribution in [-0.2, 0) is 11.2 Å². The van der Waals surface area contributed by atoms with Crippen molar-refractivity contribution in [2.75, 3.05) is 5.32 Å². The first-order valence-electron chi connectivity index (χ1n) is 6.20. The Morgan fingerprint density at radius 2 is 1.84 bits per heavy atom. The molecule has 0 heterocycles. The van der Waals surface area contributed by atoms with E-state index in [0.717, 1.165) is 22.5 Å². The standard InChI is InChI=1S/C16H17NO2/c1-11-7-8-12(2)15(9-11)17-14-6-4-3-5-13(14)10-16(18)19/h3-9,17H,10H2,1-2H3,(H,18,19). The second kappa shape index (κ2) is 5.57. The molecule has 0 aromatic heterocycles. The molecule has 0 saturated heterocycles. The Morgan fingerprint density at radius 3 is 2.58 bits per heavy atom. The van der Waals surface area contributed by atoms with Gasteiger partial charge in [0.1, 0.15) is 0 Å². The Bertz CT molecular complexity index is 605. The predicted octanol–water partition coefficient (Wildman–Crippen LogP) is 3.67. The molecular weight excluding hydrogens is 238 g/mol. The first-order chi connectivity index (χ1) is 9.06. The fraction of sp³-hybridized carbons (Fsp3) is 0.188. The van der Waals surface area contributed by atoms with Gasteiger partial charge < -0.3 is 10.4 Å². The van der Waals surface area contributed by atoms with Crippen LogP contribution < -0.4 is 5.32 Å². The van der Waals surface area contributed by atoms with Crippen LogP contribution in [0.4, 0.5) is 11.4 Å². The SMILES string of the molecule is Cc1ccc(C)c(Nc2ccccc2CC(=O)O)c1. The van der Waals surface area contributed by atoms with Crippen molar-refractivity contribution in [1.82, 2.24) is 0 Å². The van der Waals surface area contributed by atoms with E-state index in [1.807, 2.05) is 38.1 Å². The predicted molar refractivity (Wildman–Crippen MR) is 77.0 cm³/mol. The molecule has 3 heteroatoms. The van der Waals surface area contributed by atoms with E-state index in [2.05, 4.69) is 23.5 Å². The maximum Gasteiger partial charge on any atom is 0.307 e. The summed E-state index contributed by atoms with van der Waals surface area (Å²) in [7, 11) is 0. The molecule has 0 radical (unpaired) electrons. The van der Waals surface area contributed by atoms with E-state index in [9.17, 15) is 4.79 Å². The van der Waals surface area contributed by atoms with Gasteiger partial charge in [0.15, 0.2) is 0 Å². The Labute approximate surface area is 112 Å². The van der Waals surface area contributed by atoms with Gasteiger partial charge in [0, 0.05) is 11.4 Å². The number of aryl methyl sites for hydroxylation is 2. The molecule has 0 unspecified atom stereocenters. The molecule has 0 amide bonds. The van der Waals surface area contributed by atoms with E-state index >= 15 is 0 Å². The van der Waals surface area contributed by atoms with Gasteiger partial charge in [0.2, 0.25) is 0 Å². The molecule has 0 aliphatic carbocycles. The molecule has 0 bridgehead atoms. The first-order valence-corrected chi connectivity index (χ1v) is 6.20. The number of aliphatic carboxylic acids is 1. The molecule has 98 valence electrons. The maximum atomic E-state index is 10.9. The van der Waals surface area contributed by atoms with E-state index in [0.29, 0.717) is 0 Å². The number of rotatable bonds is 4. The van der Waals surface area contributed by atoms with E-state index in [1.54, 1.807) is 0 Å². The van der Waals surface area contributed by atoms with Gasteiger partial charge in [-0.15, -0.1) is 0 Å². The van der Waals surface area contributed by atoms with Gasteiger partial charge in [-0.3, -0.25) is 4.79 Å². The van der Waals surface area contributed by atoms with E-state index in [1.165, 1.54) is 5.56 Å². The van der Waals surface area contributed by atoms with E-state index in [-0.39, 0.29) is 6.42 Å². The number of para-hydroxylation sites is 1. The highest BCUT2D eigenvalue weighted by molar-refractivity contribution is 5.75. The van der Waals surface area contributed by atoms with E-state index in [4.69, 9.17) is 5.11 Å². The van der Waals surface area contributed by atoms with Gasteiger partial charge in [-0.25, -0.2) is 0 Å². The molecule has 2 aromatic rings. The zero-order valence-electron chi connectivity index (χ0n) is 11.1. The van der Waals surface area contributed by atoms with Gasteiger partial charge in [-0.05, 0) is 42.7 Å². The fourth-order valence-corrected chi connectivity index (χ4v) is 1.97. The molecule has 19 heavy (non-hydrogen) atoms. The van der Waals surface area contributed by atoms with Crippen molar-refractivity contribution in [3.8, 4) is 0 Å².